The molecule has 0 aliphatic heterocycles. The number of nitrogens with one attached hydrogen (secondary N) is 1. The number of methoxy groups -OCH3 is 1. The molecule has 0 aromatic carbocycles. The van der Waals surface area contributed by atoms with E-state index < -0.39 is 12.0 Å². The van der Waals surface area contributed by atoms with E-state index in [1.165, 1.54) is 11.8 Å². The van der Waals surface area contributed by atoms with Gasteiger partial charge in [-0.2, -0.15) is 10.2 Å². The molecule has 23 heavy (non-hydrogen) atoms. The summed E-state index contributed by atoms with van der Waals surface area (Å²) in [5.41, 5.74) is 2.02. The maximum Gasteiger partial charge on any atom is 0.360 e. The van der Waals surface area contributed by atoms with Gasteiger partial charge in [0.25, 0.3) is 0 Å². The maximum absolute atomic E-state index is 12.5. The van der Waals surface area contributed by atoms with Crippen LogP contribution in [-0.2, 0) is 16.6 Å². The predicted molar refractivity (Wildman–Crippen MR) is 87.3 cm³/mol. The molecule has 0 radical (unpaired) electrons. The lowest BCUT2D eigenvalue weighted by Gasteiger charge is -2.14. The molecule has 0 saturated carbocycles. The second-order valence-corrected chi connectivity index (χ2v) is 5.94. The lowest BCUT2D eigenvalue weighted by Crippen LogP contribution is -2.26. The summed E-state index contributed by atoms with van der Waals surface area (Å²) in [5.74, 6) is -0.913. The molecule has 1 unspecified atom stereocenters. The van der Waals surface area contributed by atoms with Crippen molar-refractivity contribution in [1.29, 1.82) is 0 Å². The first-order valence-electron chi connectivity index (χ1n) is 6.90. The number of rotatable bonds is 4. The summed E-state index contributed by atoms with van der Waals surface area (Å²) in [5, 5.41) is 11.0. The Morgan fingerprint density at radius 2 is 2.00 bits per heavy atom. The lowest BCUT2D eigenvalue weighted by atomic mass is 10.2. The molecule has 9 heteroatoms. The third-order valence-electron chi connectivity index (χ3n) is 3.45. The molecule has 1 N–H and O–H groups in total. The number of esters is 1. The number of ether oxygens (including phenoxy) is 1. The van der Waals surface area contributed by atoms with Crippen LogP contribution in [0.4, 0.5) is 5.69 Å². The Hall–Kier alpha value is -2.16. The van der Waals surface area contributed by atoms with Gasteiger partial charge in [0.15, 0.2) is 5.69 Å². The van der Waals surface area contributed by atoms with Gasteiger partial charge < -0.3 is 10.1 Å². The Morgan fingerprint density at radius 3 is 2.52 bits per heavy atom. The minimum atomic E-state index is -0.609. The molecule has 0 bridgehead atoms. The number of hydrogen-bond donors (Lipinski definition) is 1. The van der Waals surface area contributed by atoms with Gasteiger partial charge in [-0.1, -0.05) is 0 Å². The largest absolute Gasteiger partial charge is 0.464 e. The van der Waals surface area contributed by atoms with Gasteiger partial charge in [0.2, 0.25) is 5.91 Å². The van der Waals surface area contributed by atoms with E-state index in [2.05, 4.69) is 36.2 Å². The van der Waals surface area contributed by atoms with Gasteiger partial charge in [-0.25, -0.2) is 4.79 Å². The van der Waals surface area contributed by atoms with Gasteiger partial charge in [0.05, 0.1) is 28.7 Å². The number of aryl methyl sites for hydroxylation is 2. The van der Waals surface area contributed by atoms with Crippen LogP contribution in [0.2, 0.25) is 0 Å². The summed E-state index contributed by atoms with van der Waals surface area (Å²) in [6.07, 6.45) is 1.55. The molecule has 8 nitrogen and oxygen atoms in total. The fourth-order valence-corrected chi connectivity index (χ4v) is 2.46. The second-order valence-electron chi connectivity index (χ2n) is 5.15. The van der Waals surface area contributed by atoms with Crippen LogP contribution in [0, 0.1) is 13.8 Å². The molecule has 124 valence electrons. The van der Waals surface area contributed by atoms with Crippen LogP contribution < -0.4 is 5.32 Å². The summed E-state index contributed by atoms with van der Waals surface area (Å²) in [4.78, 5) is 24.2. The van der Waals surface area contributed by atoms with Crippen molar-refractivity contribution in [3.8, 4) is 0 Å². The standard InChI is InChI=1S/C14H18BrN5O3/c1-7-11(15)8(2)20(17-7)9(3)13(21)16-10-6-19(4)18-12(10)14(22)23-5/h6,9H,1-5H3,(H,16,21). The number of carbonyl (C=O) groups excluding carboxylic acids is 2. The maximum atomic E-state index is 12.5. The van der Waals surface area contributed by atoms with E-state index in [1.807, 2.05) is 13.8 Å². The highest BCUT2D eigenvalue weighted by Crippen LogP contribution is 2.24. The van der Waals surface area contributed by atoms with Crippen LogP contribution in [-0.4, -0.2) is 38.5 Å². The van der Waals surface area contributed by atoms with E-state index in [0.29, 0.717) is 5.69 Å². The minimum absolute atomic E-state index is 0.0603. The smallest absolute Gasteiger partial charge is 0.360 e. The number of nitrogens with zero attached hydrogens (tertiary/aromatic N) is 4. The zero-order chi connectivity index (χ0) is 17.3. The fraction of sp³-hybridized carbons (Fsp3) is 0.429. The van der Waals surface area contributed by atoms with Crippen molar-refractivity contribution in [2.24, 2.45) is 7.05 Å². The lowest BCUT2D eigenvalue weighted by molar-refractivity contribution is -0.119. The van der Waals surface area contributed by atoms with E-state index in [0.717, 1.165) is 15.9 Å². The zero-order valence-electron chi connectivity index (χ0n) is 13.5. The van der Waals surface area contributed by atoms with Crippen molar-refractivity contribution in [2.75, 3.05) is 12.4 Å². The van der Waals surface area contributed by atoms with Crippen LogP contribution in [0.3, 0.4) is 0 Å². The molecule has 2 rings (SSSR count). The fourth-order valence-electron chi connectivity index (χ4n) is 2.20. The van der Waals surface area contributed by atoms with Crippen molar-refractivity contribution in [1.82, 2.24) is 19.6 Å². The van der Waals surface area contributed by atoms with Gasteiger partial charge in [-0.3, -0.25) is 14.2 Å². The topological polar surface area (TPSA) is 91.0 Å². The molecule has 0 aliphatic rings. The van der Waals surface area contributed by atoms with Crippen LogP contribution in [0.15, 0.2) is 10.7 Å². The minimum Gasteiger partial charge on any atom is -0.464 e. The van der Waals surface area contributed by atoms with Gasteiger partial charge in [0.1, 0.15) is 6.04 Å². The van der Waals surface area contributed by atoms with Gasteiger partial charge in [-0.05, 0) is 36.7 Å². The first kappa shape index (κ1) is 17.2. The van der Waals surface area contributed by atoms with Crippen molar-refractivity contribution in [3.63, 3.8) is 0 Å². The summed E-state index contributed by atoms with van der Waals surface area (Å²) in [6, 6.07) is -0.550. The van der Waals surface area contributed by atoms with Crippen molar-refractivity contribution >= 4 is 33.5 Å². The summed E-state index contributed by atoms with van der Waals surface area (Å²) >= 11 is 3.44. The molecule has 0 saturated heterocycles. The Bertz CT molecular complexity index is 765. The van der Waals surface area contributed by atoms with Crippen LogP contribution >= 0.6 is 15.9 Å². The van der Waals surface area contributed by atoms with E-state index in [4.69, 9.17) is 0 Å². The average molecular weight is 384 g/mol. The summed E-state index contributed by atoms with van der Waals surface area (Å²) in [6.45, 7) is 5.46. The Balaban J connectivity index is 2.25. The van der Waals surface area contributed by atoms with Gasteiger partial charge in [-0.15, -0.1) is 0 Å². The molecule has 0 spiro atoms. The Kier molecular flexibility index (Phi) is 4.88. The average Bonchev–Trinajstić information content (AvgIpc) is 3.00. The zero-order valence-corrected chi connectivity index (χ0v) is 15.1. The first-order chi connectivity index (χ1) is 10.8. The molecule has 2 aromatic heterocycles. The SMILES string of the molecule is COC(=O)c1nn(C)cc1NC(=O)C(C)n1nc(C)c(Br)c1C. The first-order valence-corrected chi connectivity index (χ1v) is 7.69. The third-order valence-corrected chi connectivity index (χ3v) is 4.60. The van der Waals surface area contributed by atoms with E-state index in [9.17, 15) is 9.59 Å². The normalized spacial score (nSPS) is 12.1. The van der Waals surface area contributed by atoms with Crippen LogP contribution in [0.25, 0.3) is 0 Å². The highest BCUT2D eigenvalue weighted by molar-refractivity contribution is 9.10. The van der Waals surface area contributed by atoms with Gasteiger partial charge in [0, 0.05) is 13.2 Å². The predicted octanol–water partition coefficient (Wildman–Crippen LogP) is 1.98. The van der Waals surface area contributed by atoms with Gasteiger partial charge >= 0.3 is 5.97 Å². The number of anilines is 1. The summed E-state index contributed by atoms with van der Waals surface area (Å²) < 4.78 is 8.60. The molecule has 0 fully saturated rings. The molecule has 1 atom stereocenters. The molecule has 1 amide bonds. The number of halogens is 1. The van der Waals surface area contributed by atoms with Crippen molar-refractivity contribution in [2.45, 2.75) is 26.8 Å². The van der Waals surface area contributed by atoms with Crippen LogP contribution in [0.5, 0.6) is 0 Å². The number of hydrogen-bond acceptors (Lipinski definition) is 5. The molecular weight excluding hydrogens is 366 g/mol. The quantitative estimate of drug-likeness (QED) is 0.815. The Labute approximate surface area is 141 Å². The van der Waals surface area contributed by atoms with Crippen molar-refractivity contribution in [3.05, 3.63) is 27.8 Å². The van der Waals surface area contributed by atoms with Crippen LogP contribution in [0.1, 0.15) is 34.8 Å². The molecular formula is C14H18BrN5O3. The monoisotopic (exact) mass is 383 g/mol. The van der Waals surface area contributed by atoms with E-state index in [-0.39, 0.29) is 11.6 Å². The highest BCUT2D eigenvalue weighted by atomic mass is 79.9. The highest BCUT2D eigenvalue weighted by Gasteiger charge is 2.24. The number of carbonyl (C=O) groups is 2. The molecule has 0 aliphatic carbocycles. The number of amides is 1. The number of aromatic nitrogens is 4. The molecule has 2 aromatic rings. The third kappa shape index (κ3) is 3.29. The van der Waals surface area contributed by atoms with Crippen molar-refractivity contribution < 1.29 is 14.3 Å². The van der Waals surface area contributed by atoms with E-state index >= 15 is 0 Å². The second kappa shape index (κ2) is 6.53. The molecule has 2 heterocycles. The van der Waals surface area contributed by atoms with E-state index in [1.54, 1.807) is 24.9 Å². The Morgan fingerprint density at radius 1 is 1.35 bits per heavy atom. The summed E-state index contributed by atoms with van der Waals surface area (Å²) in [7, 11) is 2.92.